The van der Waals surface area contributed by atoms with Crippen LogP contribution in [0.2, 0.25) is 0 Å². The molecule has 0 radical (unpaired) electrons. The van der Waals surface area contributed by atoms with E-state index in [1.165, 1.54) is 0 Å². The molecule has 2 fully saturated rings. The largest absolute Gasteiger partial charge is 0.444 e. The minimum absolute atomic E-state index is 0.0749. The molecule has 3 amide bonds. The van der Waals surface area contributed by atoms with Crippen molar-refractivity contribution in [3.8, 4) is 22.4 Å². The van der Waals surface area contributed by atoms with Crippen molar-refractivity contribution in [2.45, 2.75) is 44.8 Å². The van der Waals surface area contributed by atoms with E-state index in [4.69, 9.17) is 4.74 Å². The lowest BCUT2D eigenvalue weighted by Crippen LogP contribution is -2.53. The van der Waals surface area contributed by atoms with Gasteiger partial charge in [-0.1, -0.05) is 30.3 Å². The van der Waals surface area contributed by atoms with Crippen molar-refractivity contribution in [1.29, 1.82) is 0 Å². The van der Waals surface area contributed by atoms with Gasteiger partial charge in [-0.15, -0.1) is 0 Å². The summed E-state index contributed by atoms with van der Waals surface area (Å²) in [6.07, 6.45) is 0.482. The van der Waals surface area contributed by atoms with Gasteiger partial charge >= 0.3 is 6.09 Å². The SMILES string of the molecule is CC(C)(C)OC(=O)Nc1cc(-c2cccc(-c3ccc(C(=O)N4CCN(C(=O)C5(O)CC5)CC4)cc3)c2)n[nH]1. The molecule has 39 heavy (non-hydrogen) atoms. The number of piperazine rings is 1. The quantitative estimate of drug-likeness (QED) is 0.458. The number of amides is 3. The maximum absolute atomic E-state index is 13.1. The Kier molecular flexibility index (Phi) is 6.90. The smallest absolute Gasteiger partial charge is 0.413 e. The molecule has 0 spiro atoms. The molecule has 1 aliphatic carbocycles. The molecule has 10 heteroatoms. The zero-order valence-electron chi connectivity index (χ0n) is 22.4. The van der Waals surface area contributed by atoms with Gasteiger partial charge < -0.3 is 19.6 Å². The fourth-order valence-corrected chi connectivity index (χ4v) is 4.53. The summed E-state index contributed by atoms with van der Waals surface area (Å²) < 4.78 is 5.28. The van der Waals surface area contributed by atoms with Crippen LogP contribution in [0.1, 0.15) is 44.0 Å². The predicted octanol–water partition coefficient (Wildman–Crippen LogP) is 3.90. The number of anilines is 1. The number of carbonyl (C=O) groups excluding carboxylic acids is 3. The molecule has 1 saturated heterocycles. The van der Waals surface area contributed by atoms with Crippen molar-refractivity contribution in [2.75, 3.05) is 31.5 Å². The molecule has 5 rings (SSSR count). The van der Waals surface area contributed by atoms with Crippen LogP contribution >= 0.6 is 0 Å². The summed E-state index contributed by atoms with van der Waals surface area (Å²) in [5.74, 6) is 0.141. The Hall–Kier alpha value is -4.18. The van der Waals surface area contributed by atoms with Gasteiger partial charge in [-0.2, -0.15) is 5.10 Å². The van der Waals surface area contributed by atoms with Crippen LogP contribution in [0.3, 0.4) is 0 Å². The average molecular weight is 532 g/mol. The maximum atomic E-state index is 13.1. The third-order valence-electron chi connectivity index (χ3n) is 6.81. The Morgan fingerprint density at radius 2 is 1.56 bits per heavy atom. The van der Waals surface area contributed by atoms with Crippen molar-refractivity contribution in [1.82, 2.24) is 20.0 Å². The number of aromatic nitrogens is 2. The normalized spacial score (nSPS) is 16.5. The van der Waals surface area contributed by atoms with Crippen LogP contribution in [-0.4, -0.2) is 80.4 Å². The summed E-state index contributed by atoms with van der Waals surface area (Å²) >= 11 is 0. The Morgan fingerprint density at radius 1 is 0.923 bits per heavy atom. The van der Waals surface area contributed by atoms with Gasteiger partial charge in [-0.3, -0.25) is 20.0 Å². The third-order valence-corrected chi connectivity index (χ3v) is 6.81. The van der Waals surface area contributed by atoms with Crippen molar-refractivity contribution in [2.24, 2.45) is 0 Å². The summed E-state index contributed by atoms with van der Waals surface area (Å²) in [5, 5.41) is 19.8. The number of aliphatic hydroxyl groups is 1. The van der Waals surface area contributed by atoms with Crippen molar-refractivity contribution >= 4 is 23.7 Å². The van der Waals surface area contributed by atoms with Crippen LogP contribution in [0, 0.1) is 0 Å². The van der Waals surface area contributed by atoms with Crippen LogP contribution in [0.5, 0.6) is 0 Å². The molecule has 2 aromatic carbocycles. The van der Waals surface area contributed by atoms with Crippen LogP contribution in [0.25, 0.3) is 22.4 Å². The number of H-pyrrole nitrogens is 1. The summed E-state index contributed by atoms with van der Waals surface area (Å²) in [7, 11) is 0. The number of hydrogen-bond acceptors (Lipinski definition) is 6. The lowest BCUT2D eigenvalue weighted by atomic mass is 10.0. The highest BCUT2D eigenvalue weighted by Crippen LogP contribution is 2.37. The molecule has 1 aromatic heterocycles. The monoisotopic (exact) mass is 531 g/mol. The highest BCUT2D eigenvalue weighted by molar-refractivity contribution is 5.95. The molecule has 3 aromatic rings. The molecule has 3 N–H and O–H groups in total. The van der Waals surface area contributed by atoms with E-state index < -0.39 is 17.3 Å². The molecule has 1 aliphatic heterocycles. The maximum Gasteiger partial charge on any atom is 0.413 e. The fraction of sp³-hybridized carbons (Fsp3) is 0.379. The highest BCUT2D eigenvalue weighted by atomic mass is 16.6. The van der Waals surface area contributed by atoms with Crippen LogP contribution in [-0.2, 0) is 9.53 Å². The Morgan fingerprint density at radius 3 is 2.21 bits per heavy atom. The average Bonchev–Trinajstić information content (AvgIpc) is 3.50. The first-order valence-corrected chi connectivity index (χ1v) is 13.1. The molecular weight excluding hydrogens is 498 g/mol. The summed E-state index contributed by atoms with van der Waals surface area (Å²) in [5.41, 5.74) is 2.25. The first-order chi connectivity index (χ1) is 18.5. The lowest BCUT2D eigenvalue weighted by Gasteiger charge is -2.35. The summed E-state index contributed by atoms with van der Waals surface area (Å²) in [6.45, 7) is 7.14. The van der Waals surface area contributed by atoms with Crippen molar-refractivity contribution in [3.05, 3.63) is 60.2 Å². The van der Waals surface area contributed by atoms with Gasteiger partial charge in [0.25, 0.3) is 11.8 Å². The molecule has 0 unspecified atom stereocenters. The number of hydrogen-bond donors (Lipinski definition) is 3. The van der Waals surface area contributed by atoms with E-state index in [0.717, 1.165) is 16.7 Å². The Bertz CT molecular complexity index is 1380. The van der Waals surface area contributed by atoms with E-state index in [9.17, 15) is 19.5 Å². The highest BCUT2D eigenvalue weighted by Gasteiger charge is 2.50. The second-order valence-corrected chi connectivity index (χ2v) is 11.1. The van der Waals surface area contributed by atoms with Gasteiger partial charge in [-0.25, -0.2) is 4.79 Å². The number of carbonyl (C=O) groups is 3. The number of nitrogens with zero attached hydrogens (tertiary/aromatic N) is 3. The second kappa shape index (κ2) is 10.2. The van der Waals surface area contributed by atoms with Gasteiger partial charge in [-0.05, 0) is 62.9 Å². The van der Waals surface area contributed by atoms with E-state index in [1.54, 1.807) is 36.6 Å². The Balaban J connectivity index is 1.21. The van der Waals surface area contributed by atoms with Crippen LogP contribution in [0.15, 0.2) is 54.6 Å². The number of nitrogens with one attached hydrogen (secondary N) is 2. The minimum Gasteiger partial charge on any atom is -0.444 e. The predicted molar refractivity (Wildman–Crippen MR) is 146 cm³/mol. The lowest BCUT2D eigenvalue weighted by molar-refractivity contribution is -0.143. The van der Waals surface area contributed by atoms with Gasteiger partial charge in [0.2, 0.25) is 0 Å². The standard InChI is InChI=1S/C29H33N5O5/c1-28(2,3)39-27(37)30-24-18-23(31-32-24)22-6-4-5-21(17-22)19-7-9-20(10-8-19)25(35)33-13-15-34(16-14-33)26(36)29(38)11-12-29/h4-10,17-18,38H,11-16H2,1-3H3,(H2,30,31,32,37). The number of aromatic amines is 1. The second-order valence-electron chi connectivity index (χ2n) is 11.1. The van der Waals surface area contributed by atoms with E-state index in [2.05, 4.69) is 15.5 Å². The number of rotatable bonds is 5. The van der Waals surface area contributed by atoms with E-state index in [1.807, 2.05) is 48.5 Å². The van der Waals surface area contributed by atoms with E-state index in [-0.39, 0.29) is 11.8 Å². The molecule has 1 saturated carbocycles. The molecule has 2 heterocycles. The van der Waals surface area contributed by atoms with Gasteiger partial charge in [0.15, 0.2) is 0 Å². The van der Waals surface area contributed by atoms with Crippen LogP contribution in [0.4, 0.5) is 10.6 Å². The zero-order chi connectivity index (χ0) is 27.8. The van der Waals surface area contributed by atoms with E-state index in [0.29, 0.717) is 56.1 Å². The van der Waals surface area contributed by atoms with Crippen molar-refractivity contribution < 1.29 is 24.2 Å². The fourth-order valence-electron chi connectivity index (χ4n) is 4.53. The first-order valence-electron chi connectivity index (χ1n) is 13.1. The van der Waals surface area contributed by atoms with Gasteiger partial charge in [0.1, 0.15) is 17.0 Å². The van der Waals surface area contributed by atoms with Crippen molar-refractivity contribution in [3.63, 3.8) is 0 Å². The number of benzene rings is 2. The molecule has 0 atom stereocenters. The zero-order valence-corrected chi connectivity index (χ0v) is 22.4. The topological polar surface area (TPSA) is 128 Å². The number of ether oxygens (including phenoxy) is 1. The summed E-state index contributed by atoms with van der Waals surface area (Å²) in [4.78, 5) is 40.8. The molecule has 0 bridgehead atoms. The molecular formula is C29H33N5O5. The van der Waals surface area contributed by atoms with E-state index >= 15 is 0 Å². The van der Waals surface area contributed by atoms with Gasteiger partial charge in [0, 0.05) is 43.4 Å². The first kappa shape index (κ1) is 26.4. The molecule has 204 valence electrons. The third kappa shape index (κ3) is 6.12. The van der Waals surface area contributed by atoms with Gasteiger partial charge in [0.05, 0.1) is 5.69 Å². The summed E-state index contributed by atoms with van der Waals surface area (Å²) in [6, 6.07) is 17.0. The van der Waals surface area contributed by atoms with Crippen LogP contribution < -0.4 is 5.32 Å². The molecule has 2 aliphatic rings. The molecule has 10 nitrogen and oxygen atoms in total. The minimum atomic E-state index is -1.17. The Labute approximate surface area is 227 Å².